The van der Waals surface area contributed by atoms with Crippen molar-refractivity contribution in [3.05, 3.63) is 69.4 Å². The van der Waals surface area contributed by atoms with Gasteiger partial charge in [0.2, 0.25) is 0 Å². The van der Waals surface area contributed by atoms with E-state index in [4.69, 9.17) is 4.42 Å². The molecule has 0 aliphatic carbocycles. The zero-order valence-electron chi connectivity index (χ0n) is 11.9. The summed E-state index contributed by atoms with van der Waals surface area (Å²) < 4.78 is 6.76. The van der Waals surface area contributed by atoms with Crippen molar-refractivity contribution < 1.29 is 9.21 Å². The van der Waals surface area contributed by atoms with Crippen molar-refractivity contribution in [3.8, 4) is 0 Å². The van der Waals surface area contributed by atoms with E-state index in [1.54, 1.807) is 0 Å². The third-order valence-electron chi connectivity index (χ3n) is 3.65. The third-order valence-corrected chi connectivity index (χ3v) is 4.50. The van der Waals surface area contributed by atoms with Gasteiger partial charge < -0.3 is 4.42 Å². The van der Waals surface area contributed by atoms with E-state index in [9.17, 15) is 4.79 Å². The predicted octanol–water partition coefficient (Wildman–Crippen LogP) is 5.30. The average Bonchev–Trinajstić information content (AvgIpc) is 2.87. The van der Waals surface area contributed by atoms with Crippen LogP contribution in [0.2, 0.25) is 0 Å². The molecule has 0 aliphatic heterocycles. The molecule has 1 aromatic heterocycles. The highest BCUT2D eigenvalue weighted by atomic mass is 79.9. The molecule has 0 N–H and O–H groups in total. The fraction of sp³-hybridized carbons (Fsp3) is 0.167. The second kappa shape index (κ2) is 5.49. The zero-order valence-corrected chi connectivity index (χ0v) is 13.5. The molecule has 0 radical (unpaired) electrons. The SMILES string of the molecule is CCc1oc2ccccc2c1C(=O)c1ccc(C)c(Br)c1. The van der Waals surface area contributed by atoms with Crippen molar-refractivity contribution in [1.29, 1.82) is 0 Å². The molecule has 3 rings (SSSR count). The molecule has 0 spiro atoms. The molecule has 2 aromatic carbocycles. The summed E-state index contributed by atoms with van der Waals surface area (Å²) in [5, 5.41) is 0.885. The molecule has 21 heavy (non-hydrogen) atoms. The Balaban J connectivity index is 2.18. The van der Waals surface area contributed by atoms with Gasteiger partial charge in [-0.1, -0.05) is 53.2 Å². The Hall–Kier alpha value is -1.87. The fourth-order valence-electron chi connectivity index (χ4n) is 2.47. The Labute approximate surface area is 131 Å². The van der Waals surface area contributed by atoms with E-state index in [0.717, 1.165) is 26.8 Å². The van der Waals surface area contributed by atoms with Crippen molar-refractivity contribution in [2.45, 2.75) is 20.3 Å². The Morgan fingerprint density at radius 1 is 1.19 bits per heavy atom. The lowest BCUT2D eigenvalue weighted by atomic mass is 9.99. The number of hydrogen-bond donors (Lipinski definition) is 0. The maximum atomic E-state index is 12.9. The minimum atomic E-state index is 0.0116. The zero-order chi connectivity index (χ0) is 15.0. The smallest absolute Gasteiger partial charge is 0.197 e. The number of fused-ring (bicyclic) bond motifs is 1. The first-order chi connectivity index (χ1) is 10.1. The highest BCUT2D eigenvalue weighted by Crippen LogP contribution is 2.29. The molecule has 2 nitrogen and oxygen atoms in total. The summed E-state index contributed by atoms with van der Waals surface area (Å²) in [5.74, 6) is 0.760. The van der Waals surface area contributed by atoms with Crippen LogP contribution in [-0.2, 0) is 6.42 Å². The van der Waals surface area contributed by atoms with E-state index >= 15 is 0 Å². The maximum absolute atomic E-state index is 12.9. The molecule has 3 aromatic rings. The Morgan fingerprint density at radius 2 is 1.95 bits per heavy atom. The molecular weight excluding hydrogens is 328 g/mol. The van der Waals surface area contributed by atoms with Gasteiger partial charge in [-0.2, -0.15) is 0 Å². The lowest BCUT2D eigenvalue weighted by Gasteiger charge is -2.04. The Morgan fingerprint density at radius 3 is 2.67 bits per heavy atom. The second-order valence-corrected chi connectivity index (χ2v) is 5.90. The summed E-state index contributed by atoms with van der Waals surface area (Å²) >= 11 is 3.49. The molecule has 0 saturated carbocycles. The molecule has 106 valence electrons. The molecule has 0 unspecified atom stereocenters. The topological polar surface area (TPSA) is 30.2 Å². The van der Waals surface area contributed by atoms with Crippen LogP contribution < -0.4 is 0 Å². The van der Waals surface area contributed by atoms with Crippen LogP contribution >= 0.6 is 15.9 Å². The molecular formula is C18H15BrO2. The first kappa shape index (κ1) is 14.1. The summed E-state index contributed by atoms with van der Waals surface area (Å²) in [7, 11) is 0. The highest BCUT2D eigenvalue weighted by molar-refractivity contribution is 9.10. The van der Waals surface area contributed by atoms with Gasteiger partial charge in [-0.05, 0) is 24.6 Å². The van der Waals surface area contributed by atoms with E-state index in [0.29, 0.717) is 17.5 Å². The molecule has 0 bridgehead atoms. The second-order valence-electron chi connectivity index (χ2n) is 5.04. The van der Waals surface area contributed by atoms with Crippen molar-refractivity contribution in [3.63, 3.8) is 0 Å². The van der Waals surface area contributed by atoms with E-state index in [1.165, 1.54) is 0 Å². The van der Waals surface area contributed by atoms with Crippen LogP contribution in [-0.4, -0.2) is 5.78 Å². The number of benzene rings is 2. The van der Waals surface area contributed by atoms with Crippen LogP contribution in [0.3, 0.4) is 0 Å². The summed E-state index contributed by atoms with van der Waals surface area (Å²) in [4.78, 5) is 12.9. The van der Waals surface area contributed by atoms with Gasteiger partial charge in [0, 0.05) is 21.8 Å². The molecule has 0 amide bonds. The van der Waals surface area contributed by atoms with Crippen LogP contribution in [0.5, 0.6) is 0 Å². The van der Waals surface area contributed by atoms with Gasteiger partial charge in [-0.25, -0.2) is 0 Å². The third kappa shape index (κ3) is 2.42. The van der Waals surface area contributed by atoms with Gasteiger partial charge in [-0.15, -0.1) is 0 Å². The van der Waals surface area contributed by atoms with E-state index in [-0.39, 0.29) is 5.78 Å². The molecule has 0 atom stereocenters. The van der Waals surface area contributed by atoms with Crippen molar-refractivity contribution in [2.24, 2.45) is 0 Å². The van der Waals surface area contributed by atoms with Crippen LogP contribution in [0, 0.1) is 6.92 Å². The number of para-hydroxylation sites is 1. The van der Waals surface area contributed by atoms with E-state index in [2.05, 4.69) is 15.9 Å². The number of carbonyl (C=O) groups is 1. The van der Waals surface area contributed by atoms with Crippen LogP contribution in [0.1, 0.15) is 34.2 Å². The summed E-state index contributed by atoms with van der Waals surface area (Å²) in [6.45, 7) is 4.00. The van der Waals surface area contributed by atoms with Gasteiger partial charge in [0.1, 0.15) is 11.3 Å². The number of rotatable bonds is 3. The molecule has 3 heteroatoms. The van der Waals surface area contributed by atoms with Crippen molar-refractivity contribution in [1.82, 2.24) is 0 Å². The van der Waals surface area contributed by atoms with Gasteiger partial charge in [-0.3, -0.25) is 4.79 Å². The normalized spacial score (nSPS) is 11.0. The monoisotopic (exact) mass is 342 g/mol. The molecule has 0 fully saturated rings. The fourth-order valence-corrected chi connectivity index (χ4v) is 2.85. The number of furan rings is 1. The standard InChI is InChI=1S/C18H15BrO2/c1-3-15-17(13-6-4-5-7-16(13)21-15)18(20)12-9-8-11(2)14(19)10-12/h4-10H,3H2,1-2H3. The average molecular weight is 343 g/mol. The van der Waals surface area contributed by atoms with Gasteiger partial charge in [0.05, 0.1) is 5.56 Å². The Bertz CT molecular complexity index is 830. The highest BCUT2D eigenvalue weighted by Gasteiger charge is 2.21. The molecule has 0 saturated heterocycles. The number of hydrogen-bond acceptors (Lipinski definition) is 2. The number of halogens is 1. The van der Waals surface area contributed by atoms with Crippen molar-refractivity contribution in [2.75, 3.05) is 0 Å². The molecule has 1 heterocycles. The summed E-state index contributed by atoms with van der Waals surface area (Å²) in [6, 6.07) is 13.4. The first-order valence-electron chi connectivity index (χ1n) is 6.93. The number of carbonyl (C=O) groups excluding carboxylic acids is 1. The number of aryl methyl sites for hydroxylation is 2. The molecule has 0 aliphatic rings. The van der Waals surface area contributed by atoms with E-state index in [1.807, 2.05) is 56.3 Å². The van der Waals surface area contributed by atoms with Crippen LogP contribution in [0.4, 0.5) is 0 Å². The minimum absolute atomic E-state index is 0.0116. The first-order valence-corrected chi connectivity index (χ1v) is 7.72. The van der Waals surface area contributed by atoms with Crippen LogP contribution in [0.15, 0.2) is 51.4 Å². The van der Waals surface area contributed by atoms with Crippen LogP contribution in [0.25, 0.3) is 11.0 Å². The minimum Gasteiger partial charge on any atom is -0.460 e. The quantitative estimate of drug-likeness (QED) is 0.604. The lowest BCUT2D eigenvalue weighted by molar-refractivity contribution is 0.103. The number of ketones is 1. The van der Waals surface area contributed by atoms with E-state index < -0.39 is 0 Å². The van der Waals surface area contributed by atoms with Gasteiger partial charge in [0.15, 0.2) is 5.78 Å². The van der Waals surface area contributed by atoms with Crippen molar-refractivity contribution >= 4 is 32.7 Å². The Kier molecular flexibility index (Phi) is 3.68. The summed E-state index contributed by atoms with van der Waals surface area (Å²) in [5.41, 5.74) is 3.24. The van der Waals surface area contributed by atoms with Gasteiger partial charge >= 0.3 is 0 Å². The summed E-state index contributed by atoms with van der Waals surface area (Å²) in [6.07, 6.45) is 0.697. The van der Waals surface area contributed by atoms with Gasteiger partial charge in [0.25, 0.3) is 0 Å². The predicted molar refractivity (Wildman–Crippen MR) is 87.9 cm³/mol. The largest absolute Gasteiger partial charge is 0.460 e. The maximum Gasteiger partial charge on any atom is 0.197 e. The lowest BCUT2D eigenvalue weighted by Crippen LogP contribution is -2.03.